The van der Waals surface area contributed by atoms with Crippen LogP contribution in [0.3, 0.4) is 0 Å². The van der Waals surface area contributed by atoms with Crippen LogP contribution in [0.4, 0.5) is 0 Å². The van der Waals surface area contributed by atoms with Crippen molar-refractivity contribution in [2.24, 2.45) is 10.9 Å². The van der Waals surface area contributed by atoms with E-state index in [2.05, 4.69) is 21.5 Å². The standard InChI is InChI=1S/C20H27BN2O5/c1-4-5-10-27-16-8-6-15(7-9-16)12-17(22-13-28-21)19(24)23-18(20(25)26)11-14(2)3/h4,6-9,13-14,17-18H,1,5,10-12H2,2-3H3,(H,23,24)(H,25,26)/t17-,18-/m0/s1. The van der Waals surface area contributed by atoms with Gasteiger partial charge in [-0.3, -0.25) is 4.79 Å². The molecule has 0 aliphatic rings. The lowest BCUT2D eigenvalue weighted by Gasteiger charge is -2.19. The van der Waals surface area contributed by atoms with Gasteiger partial charge in [-0.15, -0.1) is 6.58 Å². The molecule has 150 valence electrons. The molecule has 2 radical (unpaired) electrons. The predicted octanol–water partition coefficient (Wildman–Crippen LogP) is 2.30. The van der Waals surface area contributed by atoms with Crippen LogP contribution in [0, 0.1) is 5.92 Å². The van der Waals surface area contributed by atoms with Crippen LogP contribution in [-0.4, -0.2) is 50.1 Å². The number of hydrogen-bond donors (Lipinski definition) is 2. The van der Waals surface area contributed by atoms with Gasteiger partial charge in [0.05, 0.1) is 6.61 Å². The Morgan fingerprint density at radius 3 is 2.54 bits per heavy atom. The first-order valence-corrected chi connectivity index (χ1v) is 9.10. The van der Waals surface area contributed by atoms with Crippen molar-refractivity contribution in [2.75, 3.05) is 6.61 Å². The third kappa shape index (κ3) is 8.75. The third-order valence-corrected chi connectivity index (χ3v) is 3.87. The number of carboxylic acids is 1. The van der Waals surface area contributed by atoms with Gasteiger partial charge in [0.15, 0.2) is 6.40 Å². The van der Waals surface area contributed by atoms with Crippen molar-refractivity contribution in [3.8, 4) is 5.75 Å². The molecule has 2 N–H and O–H groups in total. The van der Waals surface area contributed by atoms with Crippen LogP contribution in [0.25, 0.3) is 0 Å². The molecule has 0 unspecified atom stereocenters. The Morgan fingerprint density at radius 1 is 1.32 bits per heavy atom. The van der Waals surface area contributed by atoms with Crippen molar-refractivity contribution in [3.63, 3.8) is 0 Å². The number of hydrogen-bond acceptors (Lipinski definition) is 5. The first-order chi connectivity index (χ1) is 13.4. The average molecular weight is 386 g/mol. The number of amides is 1. The summed E-state index contributed by atoms with van der Waals surface area (Å²) < 4.78 is 9.89. The van der Waals surface area contributed by atoms with E-state index in [9.17, 15) is 14.7 Å². The van der Waals surface area contributed by atoms with Crippen molar-refractivity contribution in [1.82, 2.24) is 5.32 Å². The average Bonchev–Trinajstić information content (AvgIpc) is 2.65. The van der Waals surface area contributed by atoms with Gasteiger partial charge in [-0.05, 0) is 36.5 Å². The van der Waals surface area contributed by atoms with Crippen molar-refractivity contribution >= 4 is 26.3 Å². The molecule has 0 bridgehead atoms. The van der Waals surface area contributed by atoms with Crippen molar-refractivity contribution in [3.05, 3.63) is 42.5 Å². The summed E-state index contributed by atoms with van der Waals surface area (Å²) in [6.45, 7) is 7.95. The number of nitrogens with one attached hydrogen (secondary N) is 1. The Bertz CT molecular complexity index is 661. The fourth-order valence-electron chi connectivity index (χ4n) is 2.49. The molecule has 1 aromatic rings. The van der Waals surface area contributed by atoms with E-state index >= 15 is 0 Å². The predicted molar refractivity (Wildman–Crippen MR) is 109 cm³/mol. The Kier molecular flexibility index (Phi) is 10.5. The monoisotopic (exact) mass is 386 g/mol. The maximum Gasteiger partial charge on any atom is 0.375 e. The first kappa shape index (κ1) is 23.3. The molecule has 2 atom stereocenters. The Hall–Kier alpha value is -2.77. The summed E-state index contributed by atoms with van der Waals surface area (Å²) in [6.07, 6.45) is 4.07. The molecule has 1 amide bonds. The summed E-state index contributed by atoms with van der Waals surface area (Å²) in [7, 11) is 4.96. The highest BCUT2D eigenvalue weighted by Crippen LogP contribution is 2.15. The minimum absolute atomic E-state index is 0.115. The fraction of sp³-hybridized carbons (Fsp3) is 0.450. The van der Waals surface area contributed by atoms with Crippen molar-refractivity contribution < 1.29 is 24.1 Å². The van der Waals surface area contributed by atoms with Gasteiger partial charge in [-0.25, -0.2) is 9.79 Å². The number of nitrogens with zero attached hydrogens (tertiary/aromatic N) is 1. The van der Waals surface area contributed by atoms with Gasteiger partial charge in [0.25, 0.3) is 0 Å². The number of carbonyl (C=O) groups excluding carboxylic acids is 1. The number of benzene rings is 1. The van der Waals surface area contributed by atoms with Crippen LogP contribution < -0.4 is 10.1 Å². The highest BCUT2D eigenvalue weighted by atomic mass is 16.5. The quantitative estimate of drug-likeness (QED) is 0.178. The van der Waals surface area contributed by atoms with Crippen LogP contribution in [0.1, 0.15) is 32.3 Å². The lowest BCUT2D eigenvalue weighted by Crippen LogP contribution is -2.46. The molecular formula is C20H27BN2O5. The second-order valence-electron chi connectivity index (χ2n) is 6.71. The molecular weight excluding hydrogens is 359 g/mol. The largest absolute Gasteiger partial charge is 0.560 e. The van der Waals surface area contributed by atoms with E-state index in [4.69, 9.17) is 12.8 Å². The van der Waals surface area contributed by atoms with Gasteiger partial charge >= 0.3 is 14.0 Å². The molecule has 0 fully saturated rings. The highest BCUT2D eigenvalue weighted by Gasteiger charge is 2.25. The molecule has 8 heteroatoms. The van der Waals surface area contributed by atoms with Gasteiger partial charge in [-0.2, -0.15) is 0 Å². The molecule has 0 aliphatic carbocycles. The molecule has 0 aliphatic heterocycles. The van der Waals surface area contributed by atoms with Crippen LogP contribution >= 0.6 is 0 Å². The molecule has 0 aromatic heterocycles. The number of carboxylic acid groups (broad SMARTS) is 1. The first-order valence-electron chi connectivity index (χ1n) is 9.10. The number of rotatable bonds is 13. The molecule has 7 nitrogen and oxygen atoms in total. The number of aliphatic carboxylic acids is 1. The lowest BCUT2D eigenvalue weighted by atomic mass is 10.0. The van der Waals surface area contributed by atoms with E-state index in [1.165, 1.54) is 0 Å². The molecule has 0 saturated heterocycles. The molecule has 1 rings (SSSR count). The maximum atomic E-state index is 12.6. The molecule has 0 heterocycles. The van der Waals surface area contributed by atoms with Crippen molar-refractivity contribution in [2.45, 2.75) is 45.2 Å². The Balaban J connectivity index is 2.81. The van der Waals surface area contributed by atoms with Gasteiger partial charge in [0, 0.05) is 6.42 Å². The molecule has 0 spiro atoms. The minimum Gasteiger partial charge on any atom is -0.560 e. The maximum absolute atomic E-state index is 12.6. The van der Waals surface area contributed by atoms with Crippen LogP contribution in [-0.2, 0) is 20.7 Å². The highest BCUT2D eigenvalue weighted by molar-refractivity contribution is 6.02. The summed E-state index contributed by atoms with van der Waals surface area (Å²) in [5.74, 6) is -0.763. The summed E-state index contributed by atoms with van der Waals surface area (Å²) in [4.78, 5) is 28.0. The second-order valence-corrected chi connectivity index (χ2v) is 6.71. The minimum atomic E-state index is -1.08. The number of aliphatic imine (C=N–C) groups is 1. The third-order valence-electron chi connectivity index (χ3n) is 3.87. The molecule has 28 heavy (non-hydrogen) atoms. The SMILES string of the molecule is [B]OC=N[C@@H](Cc1ccc(OCCC=C)cc1)C(=O)N[C@@H](CC(C)C)C(=O)O. The van der Waals surface area contributed by atoms with Crippen LogP contribution in [0.15, 0.2) is 41.9 Å². The molecule has 1 aromatic carbocycles. The molecule has 0 saturated carbocycles. The van der Waals surface area contributed by atoms with E-state index in [0.717, 1.165) is 18.4 Å². The number of ether oxygens (including phenoxy) is 1. The normalized spacial score (nSPS) is 13.1. The van der Waals surface area contributed by atoms with Gasteiger partial charge < -0.3 is 19.8 Å². The lowest BCUT2D eigenvalue weighted by molar-refractivity contribution is -0.142. The summed E-state index contributed by atoms with van der Waals surface area (Å²) in [6, 6.07) is 5.40. The zero-order chi connectivity index (χ0) is 20.9. The van der Waals surface area contributed by atoms with E-state index in [1.54, 1.807) is 18.2 Å². The zero-order valence-corrected chi connectivity index (χ0v) is 16.3. The zero-order valence-electron chi connectivity index (χ0n) is 16.3. The summed E-state index contributed by atoms with van der Waals surface area (Å²) in [5, 5.41) is 11.9. The van der Waals surface area contributed by atoms with Gasteiger partial charge in [0.1, 0.15) is 17.8 Å². The van der Waals surface area contributed by atoms with E-state index in [-0.39, 0.29) is 12.3 Å². The van der Waals surface area contributed by atoms with E-state index in [1.807, 2.05) is 26.0 Å². The topological polar surface area (TPSA) is 97.2 Å². The van der Waals surface area contributed by atoms with E-state index < -0.39 is 24.0 Å². The number of carbonyl (C=O) groups is 2. The van der Waals surface area contributed by atoms with Crippen molar-refractivity contribution in [1.29, 1.82) is 0 Å². The Morgan fingerprint density at radius 2 is 2.00 bits per heavy atom. The smallest absolute Gasteiger partial charge is 0.375 e. The fourth-order valence-corrected chi connectivity index (χ4v) is 2.49. The summed E-state index contributed by atoms with van der Waals surface area (Å²) >= 11 is 0. The summed E-state index contributed by atoms with van der Waals surface area (Å²) in [5.41, 5.74) is 0.834. The second kappa shape index (κ2) is 12.6. The van der Waals surface area contributed by atoms with Crippen LogP contribution in [0.5, 0.6) is 5.75 Å². The van der Waals surface area contributed by atoms with Gasteiger partial charge in [0.2, 0.25) is 5.91 Å². The van der Waals surface area contributed by atoms with Crippen LogP contribution in [0.2, 0.25) is 0 Å². The Labute approximate surface area is 167 Å². The van der Waals surface area contributed by atoms with Gasteiger partial charge in [-0.1, -0.05) is 32.1 Å². The van der Waals surface area contributed by atoms with E-state index in [0.29, 0.717) is 18.8 Å².